The second-order valence-corrected chi connectivity index (χ2v) is 4.31. The molecule has 2 N–H and O–H groups in total. The number of carbonyl (C=O) groups excluding carboxylic acids is 1. The monoisotopic (exact) mass is 220 g/mol. The van der Waals surface area contributed by atoms with E-state index in [4.69, 9.17) is 12.2 Å². The zero-order valence-corrected chi connectivity index (χ0v) is 9.23. The molecule has 1 fully saturated rings. The van der Waals surface area contributed by atoms with E-state index in [2.05, 4.69) is 10.6 Å². The predicted octanol–water partition coefficient (Wildman–Crippen LogP) is 0.992. The second-order valence-electron chi connectivity index (χ2n) is 3.90. The fourth-order valence-corrected chi connectivity index (χ4v) is 2.03. The van der Waals surface area contributed by atoms with E-state index >= 15 is 0 Å². The minimum atomic E-state index is -0.613. The van der Waals surface area contributed by atoms with Crippen LogP contribution in [-0.2, 0) is 11.2 Å². The molecule has 0 spiro atoms. The van der Waals surface area contributed by atoms with Crippen LogP contribution >= 0.6 is 12.2 Å². The maximum atomic E-state index is 11.6. The number of carbonyl (C=O) groups is 1. The van der Waals surface area contributed by atoms with Crippen molar-refractivity contribution in [3.8, 4) is 0 Å². The van der Waals surface area contributed by atoms with Crippen LogP contribution in [0.2, 0.25) is 0 Å². The largest absolute Gasteiger partial charge is 0.348 e. The van der Waals surface area contributed by atoms with Gasteiger partial charge < -0.3 is 10.6 Å². The van der Waals surface area contributed by atoms with Crippen molar-refractivity contribution in [1.29, 1.82) is 0 Å². The quantitative estimate of drug-likeness (QED) is 0.730. The van der Waals surface area contributed by atoms with E-state index in [0.717, 1.165) is 5.56 Å². The van der Waals surface area contributed by atoms with Crippen molar-refractivity contribution >= 4 is 23.2 Å². The average Bonchev–Trinajstić information content (AvgIpc) is 2.41. The van der Waals surface area contributed by atoms with Gasteiger partial charge in [0.25, 0.3) is 5.91 Å². The van der Waals surface area contributed by atoms with Crippen LogP contribution < -0.4 is 10.6 Å². The molecule has 2 rings (SSSR count). The van der Waals surface area contributed by atoms with E-state index in [9.17, 15) is 4.79 Å². The Hall–Kier alpha value is -1.42. The number of rotatable bonds is 2. The number of hydrogen-bond donors (Lipinski definition) is 2. The van der Waals surface area contributed by atoms with Crippen molar-refractivity contribution in [1.82, 2.24) is 10.6 Å². The summed E-state index contributed by atoms with van der Waals surface area (Å²) in [4.78, 5) is 11.6. The number of benzene rings is 1. The lowest BCUT2D eigenvalue weighted by Gasteiger charge is -2.20. The van der Waals surface area contributed by atoms with Crippen LogP contribution in [-0.4, -0.2) is 16.6 Å². The van der Waals surface area contributed by atoms with E-state index in [-0.39, 0.29) is 5.91 Å². The Labute approximate surface area is 93.9 Å². The minimum absolute atomic E-state index is 0.0589. The molecule has 1 saturated heterocycles. The first kappa shape index (κ1) is 10.1. The second kappa shape index (κ2) is 3.62. The molecular weight excluding hydrogens is 208 g/mol. The molecule has 3 nitrogen and oxygen atoms in total. The van der Waals surface area contributed by atoms with Crippen molar-refractivity contribution in [2.24, 2.45) is 0 Å². The van der Waals surface area contributed by atoms with E-state index in [1.807, 2.05) is 37.3 Å². The maximum absolute atomic E-state index is 11.6. The third-order valence-corrected chi connectivity index (χ3v) is 2.72. The fourth-order valence-electron chi connectivity index (χ4n) is 1.71. The highest BCUT2D eigenvalue weighted by molar-refractivity contribution is 7.80. The SMILES string of the molecule is C[C@]1(Cc2ccccc2)NC(=S)NC1=O. The fraction of sp³-hybridized carbons (Fsp3) is 0.273. The zero-order chi connectivity index (χ0) is 10.9. The van der Waals surface area contributed by atoms with Gasteiger partial charge in [0, 0.05) is 6.42 Å². The summed E-state index contributed by atoms with van der Waals surface area (Å²) in [5.41, 5.74) is 0.505. The Kier molecular flexibility index (Phi) is 2.44. The van der Waals surface area contributed by atoms with E-state index in [1.54, 1.807) is 0 Å². The first-order valence-electron chi connectivity index (χ1n) is 4.78. The summed E-state index contributed by atoms with van der Waals surface area (Å²) >= 11 is 4.92. The third kappa shape index (κ3) is 1.99. The Balaban J connectivity index is 2.18. The van der Waals surface area contributed by atoms with Gasteiger partial charge in [-0.25, -0.2) is 0 Å². The van der Waals surface area contributed by atoms with Gasteiger partial charge in [-0.3, -0.25) is 4.79 Å². The van der Waals surface area contributed by atoms with E-state index in [1.165, 1.54) is 0 Å². The van der Waals surface area contributed by atoms with Gasteiger partial charge in [-0.05, 0) is 24.7 Å². The van der Waals surface area contributed by atoms with Gasteiger partial charge in [0.2, 0.25) is 0 Å². The van der Waals surface area contributed by atoms with E-state index in [0.29, 0.717) is 11.5 Å². The normalized spacial score (nSPS) is 24.9. The molecule has 1 aliphatic heterocycles. The Morgan fingerprint density at radius 3 is 2.53 bits per heavy atom. The number of amides is 1. The molecular formula is C11H12N2OS. The van der Waals surface area contributed by atoms with Crippen LogP contribution in [0.3, 0.4) is 0 Å². The van der Waals surface area contributed by atoms with Crippen molar-refractivity contribution in [3.05, 3.63) is 35.9 Å². The molecule has 0 saturated carbocycles. The highest BCUT2D eigenvalue weighted by Crippen LogP contribution is 2.16. The van der Waals surface area contributed by atoms with Gasteiger partial charge in [0.05, 0.1) is 0 Å². The summed E-state index contributed by atoms with van der Waals surface area (Å²) in [6, 6.07) is 9.88. The predicted molar refractivity (Wildman–Crippen MR) is 62.4 cm³/mol. The van der Waals surface area contributed by atoms with Crippen LogP contribution in [0.4, 0.5) is 0 Å². The first-order valence-corrected chi connectivity index (χ1v) is 5.18. The smallest absolute Gasteiger partial charge is 0.251 e. The molecule has 1 atom stereocenters. The molecule has 78 valence electrons. The molecule has 4 heteroatoms. The van der Waals surface area contributed by atoms with E-state index < -0.39 is 5.54 Å². The molecule has 0 radical (unpaired) electrons. The number of nitrogens with one attached hydrogen (secondary N) is 2. The third-order valence-electron chi connectivity index (χ3n) is 2.52. The molecule has 0 bridgehead atoms. The Morgan fingerprint density at radius 2 is 2.00 bits per heavy atom. The zero-order valence-electron chi connectivity index (χ0n) is 8.41. The van der Waals surface area contributed by atoms with Crippen molar-refractivity contribution < 1.29 is 4.79 Å². The molecule has 1 aromatic rings. The van der Waals surface area contributed by atoms with Crippen molar-refractivity contribution in [2.45, 2.75) is 18.9 Å². The average molecular weight is 220 g/mol. The summed E-state index contributed by atoms with van der Waals surface area (Å²) in [6.07, 6.45) is 0.639. The number of hydrogen-bond acceptors (Lipinski definition) is 2. The Bertz CT molecular complexity index is 404. The summed E-state index contributed by atoms with van der Waals surface area (Å²) in [7, 11) is 0. The first-order chi connectivity index (χ1) is 7.10. The molecule has 0 aliphatic carbocycles. The summed E-state index contributed by atoms with van der Waals surface area (Å²) in [6.45, 7) is 1.86. The minimum Gasteiger partial charge on any atom is -0.348 e. The van der Waals surface area contributed by atoms with Crippen LogP contribution in [0.5, 0.6) is 0 Å². The molecule has 15 heavy (non-hydrogen) atoms. The molecule has 1 heterocycles. The summed E-state index contributed by atoms with van der Waals surface area (Å²) < 4.78 is 0. The highest BCUT2D eigenvalue weighted by Gasteiger charge is 2.39. The number of thiocarbonyl (C=S) groups is 1. The summed E-state index contributed by atoms with van der Waals surface area (Å²) in [5, 5.41) is 6.02. The van der Waals surface area contributed by atoms with Crippen molar-refractivity contribution in [3.63, 3.8) is 0 Å². The maximum Gasteiger partial charge on any atom is 0.251 e. The summed E-state index contributed by atoms with van der Waals surface area (Å²) in [5.74, 6) is -0.0589. The molecule has 1 amide bonds. The van der Waals surface area contributed by atoms with Gasteiger partial charge >= 0.3 is 0 Å². The Morgan fingerprint density at radius 1 is 1.33 bits per heavy atom. The molecule has 0 aromatic heterocycles. The lowest BCUT2D eigenvalue weighted by Crippen LogP contribution is -2.45. The van der Waals surface area contributed by atoms with Crippen LogP contribution in [0.25, 0.3) is 0 Å². The van der Waals surface area contributed by atoms with Crippen LogP contribution in [0.1, 0.15) is 12.5 Å². The standard InChI is InChI=1S/C11H12N2OS/c1-11(9(14)12-10(15)13-11)7-8-5-3-2-4-6-8/h2-6H,7H2,1H3,(H2,12,13,14,15)/t11-/m1/s1. The van der Waals surface area contributed by atoms with Crippen molar-refractivity contribution in [2.75, 3.05) is 0 Å². The lowest BCUT2D eigenvalue weighted by molar-refractivity contribution is -0.123. The van der Waals surface area contributed by atoms with Crippen LogP contribution in [0.15, 0.2) is 30.3 Å². The van der Waals surface area contributed by atoms with Gasteiger partial charge in [-0.15, -0.1) is 0 Å². The topological polar surface area (TPSA) is 41.1 Å². The lowest BCUT2D eigenvalue weighted by atomic mass is 9.93. The van der Waals surface area contributed by atoms with Crippen LogP contribution in [0, 0.1) is 0 Å². The highest BCUT2D eigenvalue weighted by atomic mass is 32.1. The van der Waals surface area contributed by atoms with Gasteiger partial charge in [0.1, 0.15) is 5.54 Å². The molecule has 0 unspecified atom stereocenters. The van der Waals surface area contributed by atoms with Gasteiger partial charge in [-0.2, -0.15) is 0 Å². The molecule has 1 aliphatic rings. The van der Waals surface area contributed by atoms with Gasteiger partial charge in [0.15, 0.2) is 5.11 Å². The molecule has 1 aromatic carbocycles. The van der Waals surface area contributed by atoms with Gasteiger partial charge in [-0.1, -0.05) is 30.3 Å².